The topological polar surface area (TPSA) is 167 Å². The first-order chi connectivity index (χ1) is 25.4. The van der Waals surface area contributed by atoms with Crippen LogP contribution in [-0.2, 0) is 22.6 Å². The Balaban J connectivity index is 1.03. The average Bonchev–Trinajstić information content (AvgIpc) is 3.76. The van der Waals surface area contributed by atoms with Gasteiger partial charge >= 0.3 is 0 Å². The van der Waals surface area contributed by atoms with Crippen LogP contribution in [0.1, 0.15) is 50.4 Å². The Labute approximate surface area is 314 Å². The highest BCUT2D eigenvalue weighted by Crippen LogP contribution is 2.33. The van der Waals surface area contributed by atoms with E-state index in [2.05, 4.69) is 25.8 Å². The number of para-hydroxylation sites is 1. The molecule has 0 radical (unpaired) electrons. The number of aliphatic hydroxyl groups is 1. The molecule has 3 aromatic carbocycles. The fraction of sp³-hybridized carbons (Fsp3) is 0.341. The van der Waals surface area contributed by atoms with Gasteiger partial charge in [-0.25, -0.2) is 4.98 Å². The highest BCUT2D eigenvalue weighted by Gasteiger charge is 2.43. The van der Waals surface area contributed by atoms with Crippen molar-refractivity contribution in [1.82, 2.24) is 30.7 Å². The summed E-state index contributed by atoms with van der Waals surface area (Å²) in [4.78, 5) is 34.5. The number of nitrogens with zero attached hydrogens (tertiary/aromatic N) is 4. The Hall–Kier alpha value is -5.17. The Kier molecular flexibility index (Phi) is 11.5. The second-order valence-corrected chi connectivity index (χ2v) is 15.5. The molecule has 6 N–H and O–H groups in total. The molecule has 276 valence electrons. The summed E-state index contributed by atoms with van der Waals surface area (Å²) in [7, 11) is 0. The smallest absolute Gasteiger partial charge is 0.243 e. The molecule has 1 aliphatic rings. The van der Waals surface area contributed by atoms with Crippen molar-refractivity contribution in [2.24, 2.45) is 5.41 Å². The molecule has 3 atom stereocenters. The molecule has 1 fully saturated rings. The van der Waals surface area contributed by atoms with Crippen LogP contribution in [0.4, 0.5) is 5.82 Å². The first kappa shape index (κ1) is 37.6. The minimum atomic E-state index is -0.768. The lowest BCUT2D eigenvalue weighted by Crippen LogP contribution is -2.56. The van der Waals surface area contributed by atoms with Crippen molar-refractivity contribution >= 4 is 29.0 Å². The van der Waals surface area contributed by atoms with Crippen LogP contribution in [0.5, 0.6) is 5.75 Å². The molecule has 1 aliphatic heterocycles. The largest absolute Gasteiger partial charge is 0.507 e. The number of thiazole rings is 1. The molecule has 0 spiro atoms. The number of nitrogen functional groups attached to an aromatic ring is 1. The predicted octanol–water partition coefficient (Wildman–Crippen LogP) is 5.75. The van der Waals surface area contributed by atoms with E-state index in [0.29, 0.717) is 30.2 Å². The lowest BCUT2D eigenvalue weighted by atomic mass is 9.85. The molecule has 0 saturated carbocycles. The number of phenolic OH excluding ortho intramolecular Hbond substituents is 1. The summed E-state index contributed by atoms with van der Waals surface area (Å²) in [6, 6.07) is 23.6. The number of amides is 2. The standard InChI is InChI=1S/C41H47N7O4S/c1-25-36(53-24-45-25)29-17-13-27(14-18-29)22-44-39(51)34-20-30(49)23-48(34)40(52)37(41(2,3)4)43-19-7-8-26-11-15-28(16-12-26)32-21-33(46-47-38(32)42)31-9-5-6-10-35(31)50/h5-6,9-18,21,24,30,34,37,43,49-50H,7-8,19-20,22-23H2,1-4H3,(H2,42,47)(H,44,51)/t30-,34+,37-/m1/s1. The van der Waals surface area contributed by atoms with Crippen LogP contribution < -0.4 is 16.4 Å². The van der Waals surface area contributed by atoms with Crippen LogP contribution in [0.25, 0.3) is 32.8 Å². The zero-order valence-corrected chi connectivity index (χ0v) is 31.4. The number of β-amino-alcohol motifs (C(OH)–C–C–N with tert-alkyl or cyclic N) is 1. The first-order valence-corrected chi connectivity index (χ1v) is 18.8. The number of aliphatic hydroxyl groups excluding tert-OH is 1. The number of aromatic hydroxyl groups is 1. The number of benzene rings is 3. The van der Waals surface area contributed by atoms with E-state index in [9.17, 15) is 19.8 Å². The number of phenols is 1. The molecule has 1 saturated heterocycles. The maximum Gasteiger partial charge on any atom is 0.243 e. The first-order valence-electron chi connectivity index (χ1n) is 17.9. The van der Waals surface area contributed by atoms with E-state index < -0.39 is 23.6 Å². The molecule has 3 heterocycles. The quantitative estimate of drug-likeness (QED) is 0.100. The Morgan fingerprint density at radius 1 is 0.981 bits per heavy atom. The zero-order chi connectivity index (χ0) is 37.7. The second kappa shape index (κ2) is 16.2. The number of aryl methyl sites for hydroxylation is 2. The van der Waals surface area contributed by atoms with E-state index >= 15 is 0 Å². The molecule has 12 heteroatoms. The van der Waals surface area contributed by atoms with Crippen LogP contribution in [-0.4, -0.2) is 73.4 Å². The van der Waals surface area contributed by atoms with E-state index in [1.807, 2.05) is 93.9 Å². The molecule has 11 nitrogen and oxygen atoms in total. The van der Waals surface area contributed by atoms with E-state index in [0.717, 1.165) is 51.2 Å². The highest BCUT2D eigenvalue weighted by atomic mass is 32.1. The molecule has 0 unspecified atom stereocenters. The number of rotatable bonds is 12. The van der Waals surface area contributed by atoms with Gasteiger partial charge in [-0.3, -0.25) is 9.59 Å². The van der Waals surface area contributed by atoms with Crippen LogP contribution in [0.3, 0.4) is 0 Å². The summed E-state index contributed by atoms with van der Waals surface area (Å²) in [5.41, 5.74) is 14.5. The SMILES string of the molecule is Cc1ncsc1-c1ccc(CNC(=O)[C@@H]2C[C@@H](O)CN2C(=O)[C@@H](NCCCc2ccc(-c3cc(-c4ccccc4O)nnc3N)cc2)C(C)(C)C)cc1. The minimum Gasteiger partial charge on any atom is -0.507 e. The third kappa shape index (κ3) is 8.90. The summed E-state index contributed by atoms with van der Waals surface area (Å²) in [6.45, 7) is 9.03. The fourth-order valence-electron chi connectivity index (χ4n) is 6.74. The van der Waals surface area contributed by atoms with Gasteiger partial charge in [-0.1, -0.05) is 81.4 Å². The van der Waals surface area contributed by atoms with Crippen LogP contribution in [0, 0.1) is 12.3 Å². The minimum absolute atomic E-state index is 0.117. The van der Waals surface area contributed by atoms with Crippen molar-refractivity contribution in [3.63, 3.8) is 0 Å². The number of nitrogens with one attached hydrogen (secondary N) is 2. The second-order valence-electron chi connectivity index (χ2n) is 14.7. The number of carbonyl (C=O) groups excluding carboxylic acids is 2. The van der Waals surface area contributed by atoms with Gasteiger partial charge in [0.25, 0.3) is 0 Å². The van der Waals surface area contributed by atoms with Crippen molar-refractivity contribution in [2.75, 3.05) is 18.8 Å². The molecule has 5 aromatic rings. The van der Waals surface area contributed by atoms with E-state index in [-0.39, 0.29) is 30.5 Å². The van der Waals surface area contributed by atoms with Gasteiger partial charge < -0.3 is 31.5 Å². The molecule has 0 bridgehead atoms. The van der Waals surface area contributed by atoms with Crippen LogP contribution in [0.2, 0.25) is 0 Å². The van der Waals surface area contributed by atoms with Gasteiger partial charge in [0.15, 0.2) is 5.82 Å². The van der Waals surface area contributed by atoms with E-state index in [1.54, 1.807) is 34.4 Å². The summed E-state index contributed by atoms with van der Waals surface area (Å²) < 4.78 is 0. The Bertz CT molecular complexity index is 2040. The van der Waals surface area contributed by atoms with Gasteiger partial charge in [-0.05, 0) is 72.2 Å². The average molecular weight is 734 g/mol. The molecule has 0 aliphatic carbocycles. The number of hydrogen-bond acceptors (Lipinski definition) is 10. The molecular weight excluding hydrogens is 687 g/mol. The van der Waals surface area contributed by atoms with Gasteiger partial charge in [0.1, 0.15) is 11.8 Å². The number of hydrogen-bond donors (Lipinski definition) is 5. The number of carbonyl (C=O) groups is 2. The summed E-state index contributed by atoms with van der Waals surface area (Å²) >= 11 is 1.60. The summed E-state index contributed by atoms with van der Waals surface area (Å²) in [6.07, 6.45) is 0.994. The van der Waals surface area contributed by atoms with Crippen LogP contribution in [0.15, 0.2) is 84.4 Å². The van der Waals surface area contributed by atoms with Crippen LogP contribution >= 0.6 is 11.3 Å². The Morgan fingerprint density at radius 3 is 2.36 bits per heavy atom. The third-order valence-electron chi connectivity index (χ3n) is 9.66. The van der Waals surface area contributed by atoms with E-state index in [4.69, 9.17) is 5.73 Å². The van der Waals surface area contributed by atoms with Crippen molar-refractivity contribution in [2.45, 2.75) is 71.7 Å². The zero-order valence-electron chi connectivity index (χ0n) is 30.5. The number of anilines is 1. The number of aromatic nitrogens is 3. The van der Waals surface area contributed by atoms with Crippen molar-refractivity contribution in [3.05, 3.63) is 101 Å². The normalized spacial score (nSPS) is 16.4. The number of likely N-dealkylation sites (tertiary alicyclic amines) is 1. The molecule has 2 amide bonds. The van der Waals surface area contributed by atoms with Crippen molar-refractivity contribution in [1.29, 1.82) is 0 Å². The van der Waals surface area contributed by atoms with Crippen molar-refractivity contribution in [3.8, 4) is 38.6 Å². The highest BCUT2D eigenvalue weighted by molar-refractivity contribution is 7.13. The lowest BCUT2D eigenvalue weighted by Gasteiger charge is -2.35. The van der Waals surface area contributed by atoms with Gasteiger partial charge in [0, 0.05) is 30.6 Å². The molecule has 6 rings (SSSR count). The van der Waals surface area contributed by atoms with E-state index in [1.165, 1.54) is 0 Å². The summed E-state index contributed by atoms with van der Waals surface area (Å²) in [5, 5.41) is 35.6. The lowest BCUT2D eigenvalue weighted by molar-refractivity contribution is -0.142. The van der Waals surface area contributed by atoms with Gasteiger partial charge in [-0.2, -0.15) is 0 Å². The Morgan fingerprint density at radius 2 is 1.68 bits per heavy atom. The summed E-state index contributed by atoms with van der Waals surface area (Å²) in [5.74, 6) is -0.0321. The van der Waals surface area contributed by atoms with Gasteiger partial charge in [-0.15, -0.1) is 21.5 Å². The fourth-order valence-corrected chi connectivity index (χ4v) is 7.55. The molecular formula is C41H47N7O4S. The monoisotopic (exact) mass is 733 g/mol. The van der Waals surface area contributed by atoms with Crippen molar-refractivity contribution < 1.29 is 19.8 Å². The third-order valence-corrected chi connectivity index (χ3v) is 10.6. The number of nitrogens with two attached hydrogens (primary N) is 1. The molecule has 2 aromatic heterocycles. The van der Waals surface area contributed by atoms with Gasteiger partial charge in [0.05, 0.1) is 33.9 Å². The molecule has 53 heavy (non-hydrogen) atoms. The predicted molar refractivity (Wildman–Crippen MR) is 209 cm³/mol. The maximum absolute atomic E-state index is 14.0. The van der Waals surface area contributed by atoms with Gasteiger partial charge in [0.2, 0.25) is 11.8 Å². The maximum atomic E-state index is 14.0.